The second-order valence-corrected chi connectivity index (χ2v) is 5.37. The standard InChI is InChI=1S/C16H19N5/c1-12-2-5-19-15(8-12)13-3-6-21(7-4-13)10-14-9-18-11-20-16(14)17/h2-3,5,8-9,11H,4,6-7,10H2,1H3,(H2,17,18,20). The number of nitrogen functional groups attached to an aromatic ring is 1. The summed E-state index contributed by atoms with van der Waals surface area (Å²) in [5.74, 6) is 0.570. The molecule has 21 heavy (non-hydrogen) atoms. The third kappa shape index (κ3) is 3.25. The number of pyridine rings is 1. The fourth-order valence-electron chi connectivity index (χ4n) is 2.53. The van der Waals surface area contributed by atoms with Gasteiger partial charge in [-0.2, -0.15) is 0 Å². The normalized spacial score (nSPS) is 15.8. The Balaban J connectivity index is 1.68. The van der Waals surface area contributed by atoms with Gasteiger partial charge in [-0.1, -0.05) is 6.08 Å². The second-order valence-electron chi connectivity index (χ2n) is 5.37. The van der Waals surface area contributed by atoms with Gasteiger partial charge in [0.05, 0.1) is 5.69 Å². The number of nitrogens with zero attached hydrogens (tertiary/aromatic N) is 4. The molecule has 0 amide bonds. The zero-order chi connectivity index (χ0) is 14.7. The first-order valence-corrected chi connectivity index (χ1v) is 7.11. The predicted octanol–water partition coefficient (Wildman–Crippen LogP) is 2.05. The highest BCUT2D eigenvalue weighted by Crippen LogP contribution is 2.22. The quantitative estimate of drug-likeness (QED) is 0.932. The third-order valence-corrected chi connectivity index (χ3v) is 3.75. The highest BCUT2D eigenvalue weighted by atomic mass is 15.1. The minimum Gasteiger partial charge on any atom is -0.383 e. The summed E-state index contributed by atoms with van der Waals surface area (Å²) in [6.45, 7) is 4.78. The number of nitrogens with two attached hydrogens (primary N) is 1. The molecule has 0 atom stereocenters. The Hall–Kier alpha value is -2.27. The lowest BCUT2D eigenvalue weighted by Crippen LogP contribution is -2.28. The van der Waals surface area contributed by atoms with E-state index in [9.17, 15) is 0 Å². The smallest absolute Gasteiger partial charge is 0.131 e. The number of hydrogen-bond acceptors (Lipinski definition) is 5. The summed E-state index contributed by atoms with van der Waals surface area (Å²) >= 11 is 0. The maximum Gasteiger partial charge on any atom is 0.131 e. The van der Waals surface area contributed by atoms with E-state index in [1.165, 1.54) is 17.5 Å². The highest BCUT2D eigenvalue weighted by molar-refractivity contribution is 5.64. The Kier molecular flexibility index (Phi) is 3.92. The summed E-state index contributed by atoms with van der Waals surface area (Å²) in [7, 11) is 0. The fourth-order valence-corrected chi connectivity index (χ4v) is 2.53. The molecule has 0 radical (unpaired) electrons. The van der Waals surface area contributed by atoms with Crippen LogP contribution in [-0.2, 0) is 6.54 Å². The molecule has 0 spiro atoms. The lowest BCUT2D eigenvalue weighted by atomic mass is 10.0. The number of rotatable bonds is 3. The van der Waals surface area contributed by atoms with Crippen molar-refractivity contribution in [1.82, 2.24) is 19.9 Å². The summed E-state index contributed by atoms with van der Waals surface area (Å²) in [5.41, 5.74) is 10.5. The van der Waals surface area contributed by atoms with E-state index in [4.69, 9.17) is 5.73 Å². The molecule has 5 nitrogen and oxygen atoms in total. The van der Waals surface area contributed by atoms with Gasteiger partial charge in [0, 0.05) is 37.6 Å². The van der Waals surface area contributed by atoms with Crippen molar-refractivity contribution in [3.05, 3.63) is 53.8 Å². The van der Waals surface area contributed by atoms with Crippen molar-refractivity contribution in [1.29, 1.82) is 0 Å². The molecule has 0 aliphatic carbocycles. The monoisotopic (exact) mass is 281 g/mol. The number of anilines is 1. The Labute approximate surface area is 124 Å². The van der Waals surface area contributed by atoms with Crippen LogP contribution in [0.4, 0.5) is 5.82 Å². The molecule has 1 aliphatic heterocycles. The van der Waals surface area contributed by atoms with Crippen molar-refractivity contribution < 1.29 is 0 Å². The van der Waals surface area contributed by atoms with E-state index in [1.54, 1.807) is 6.20 Å². The van der Waals surface area contributed by atoms with Gasteiger partial charge in [-0.15, -0.1) is 0 Å². The minimum atomic E-state index is 0.570. The summed E-state index contributed by atoms with van der Waals surface area (Å²) in [4.78, 5) is 14.9. The summed E-state index contributed by atoms with van der Waals surface area (Å²) in [6.07, 6.45) is 8.41. The Morgan fingerprint density at radius 3 is 2.95 bits per heavy atom. The van der Waals surface area contributed by atoms with Gasteiger partial charge in [-0.05, 0) is 36.6 Å². The van der Waals surface area contributed by atoms with Crippen molar-refractivity contribution in [2.24, 2.45) is 0 Å². The molecule has 3 rings (SSSR count). The first-order valence-electron chi connectivity index (χ1n) is 7.11. The van der Waals surface area contributed by atoms with Gasteiger partial charge in [0.1, 0.15) is 12.1 Å². The van der Waals surface area contributed by atoms with Crippen LogP contribution >= 0.6 is 0 Å². The zero-order valence-corrected chi connectivity index (χ0v) is 12.2. The van der Waals surface area contributed by atoms with E-state index < -0.39 is 0 Å². The van der Waals surface area contributed by atoms with Crippen LogP contribution in [0.25, 0.3) is 5.57 Å². The molecule has 0 saturated heterocycles. The lowest BCUT2D eigenvalue weighted by Gasteiger charge is -2.26. The maximum atomic E-state index is 5.87. The molecular weight excluding hydrogens is 262 g/mol. The average Bonchev–Trinajstić information content (AvgIpc) is 2.50. The van der Waals surface area contributed by atoms with Crippen LogP contribution in [0.2, 0.25) is 0 Å². The van der Waals surface area contributed by atoms with Crippen molar-refractivity contribution in [3.63, 3.8) is 0 Å². The first-order chi connectivity index (χ1) is 10.2. The zero-order valence-electron chi connectivity index (χ0n) is 12.2. The van der Waals surface area contributed by atoms with Gasteiger partial charge in [0.25, 0.3) is 0 Å². The van der Waals surface area contributed by atoms with Gasteiger partial charge < -0.3 is 5.73 Å². The molecule has 5 heteroatoms. The molecule has 0 saturated carbocycles. The third-order valence-electron chi connectivity index (χ3n) is 3.75. The van der Waals surface area contributed by atoms with Crippen LogP contribution in [0.1, 0.15) is 23.2 Å². The summed E-state index contributed by atoms with van der Waals surface area (Å²) in [5, 5.41) is 0. The van der Waals surface area contributed by atoms with E-state index in [-0.39, 0.29) is 0 Å². The van der Waals surface area contributed by atoms with Crippen LogP contribution in [0.15, 0.2) is 36.9 Å². The van der Waals surface area contributed by atoms with Crippen LogP contribution in [0, 0.1) is 6.92 Å². The van der Waals surface area contributed by atoms with Crippen LogP contribution in [-0.4, -0.2) is 32.9 Å². The van der Waals surface area contributed by atoms with Crippen LogP contribution in [0.5, 0.6) is 0 Å². The molecule has 2 aromatic heterocycles. The Bertz CT molecular complexity index is 665. The maximum absolute atomic E-state index is 5.87. The van der Waals surface area contributed by atoms with Crippen LogP contribution < -0.4 is 5.73 Å². The van der Waals surface area contributed by atoms with Gasteiger partial charge >= 0.3 is 0 Å². The van der Waals surface area contributed by atoms with Crippen molar-refractivity contribution >= 4 is 11.4 Å². The van der Waals surface area contributed by atoms with Gasteiger partial charge in [-0.25, -0.2) is 9.97 Å². The molecule has 0 unspecified atom stereocenters. The van der Waals surface area contributed by atoms with Crippen molar-refractivity contribution in [2.75, 3.05) is 18.8 Å². The number of hydrogen-bond donors (Lipinski definition) is 1. The predicted molar refractivity (Wildman–Crippen MR) is 83.3 cm³/mol. The van der Waals surface area contributed by atoms with Crippen molar-refractivity contribution in [3.8, 4) is 0 Å². The second kappa shape index (κ2) is 6.01. The van der Waals surface area contributed by atoms with E-state index in [0.717, 1.165) is 37.3 Å². The molecule has 1 aliphatic rings. The van der Waals surface area contributed by atoms with E-state index >= 15 is 0 Å². The molecule has 2 aromatic rings. The average molecular weight is 281 g/mol. The molecule has 3 heterocycles. The Morgan fingerprint density at radius 2 is 2.24 bits per heavy atom. The van der Waals surface area contributed by atoms with Crippen LogP contribution in [0.3, 0.4) is 0 Å². The van der Waals surface area contributed by atoms with Crippen molar-refractivity contribution in [2.45, 2.75) is 19.9 Å². The highest BCUT2D eigenvalue weighted by Gasteiger charge is 2.15. The minimum absolute atomic E-state index is 0.570. The molecule has 0 aromatic carbocycles. The summed E-state index contributed by atoms with van der Waals surface area (Å²) in [6, 6.07) is 4.17. The number of aromatic nitrogens is 3. The largest absolute Gasteiger partial charge is 0.383 e. The van der Waals surface area contributed by atoms with E-state index in [1.807, 2.05) is 12.3 Å². The van der Waals surface area contributed by atoms with Gasteiger partial charge in [-0.3, -0.25) is 9.88 Å². The van der Waals surface area contributed by atoms with Gasteiger partial charge in [0.15, 0.2) is 0 Å². The summed E-state index contributed by atoms with van der Waals surface area (Å²) < 4.78 is 0. The van der Waals surface area contributed by atoms with Gasteiger partial charge in [0.2, 0.25) is 0 Å². The topological polar surface area (TPSA) is 67.9 Å². The number of aryl methyl sites for hydroxylation is 1. The first kappa shape index (κ1) is 13.7. The lowest BCUT2D eigenvalue weighted by molar-refractivity contribution is 0.293. The molecule has 0 bridgehead atoms. The molecule has 0 fully saturated rings. The molecule has 2 N–H and O–H groups in total. The molecular formula is C16H19N5. The Morgan fingerprint density at radius 1 is 1.33 bits per heavy atom. The van der Waals surface area contributed by atoms with E-state index in [2.05, 4.69) is 38.9 Å². The molecule has 108 valence electrons. The van der Waals surface area contributed by atoms with E-state index in [0.29, 0.717) is 5.82 Å². The SMILES string of the molecule is Cc1ccnc(C2=CCN(Cc3cncnc3N)CC2)c1. The fraction of sp³-hybridized carbons (Fsp3) is 0.312.